The van der Waals surface area contributed by atoms with E-state index >= 15 is 0 Å². The lowest BCUT2D eigenvalue weighted by molar-refractivity contribution is 0.663. The van der Waals surface area contributed by atoms with Crippen LogP contribution in [0.15, 0.2) is 30.3 Å². The third-order valence-corrected chi connectivity index (χ3v) is 2.17. The molecule has 0 unspecified atom stereocenters. The van der Waals surface area contributed by atoms with Crippen molar-refractivity contribution in [1.29, 1.82) is 0 Å². The summed E-state index contributed by atoms with van der Waals surface area (Å²) in [4.78, 5) is 1.97. The van der Waals surface area contributed by atoms with Gasteiger partial charge in [-0.05, 0) is 19.6 Å². The van der Waals surface area contributed by atoms with Gasteiger partial charge in [-0.15, -0.1) is 0 Å². The monoisotopic (exact) mass is 167 g/mol. The minimum absolute atomic E-state index is 0.0174. The maximum Gasteiger partial charge on any atom is 0.364 e. The van der Waals surface area contributed by atoms with E-state index in [1.165, 1.54) is 0 Å². The Labute approximate surface area is 73.0 Å². The van der Waals surface area contributed by atoms with Crippen molar-refractivity contribution in [3.8, 4) is 0 Å². The first-order valence-corrected chi connectivity index (χ1v) is 4.01. The lowest BCUT2D eigenvalue weighted by atomic mass is 9.80. The average Bonchev–Trinajstić information content (AvgIpc) is 2.05. The van der Waals surface area contributed by atoms with Crippen LogP contribution in [0.3, 0.4) is 0 Å². The molecule has 0 bridgehead atoms. The summed E-state index contributed by atoms with van der Waals surface area (Å²) < 4.78 is 0. The summed E-state index contributed by atoms with van der Waals surface area (Å²) in [6.45, 7) is 0. The second-order valence-corrected chi connectivity index (χ2v) is 3.12. The van der Waals surface area contributed by atoms with Gasteiger partial charge in [0.1, 0.15) is 0 Å². The standard InChI is InChI=1S/C8H11BClN/c1-11(2)9(10)8-6-4-3-5-7-8/h3-7H,1-2H3. The van der Waals surface area contributed by atoms with Crippen LogP contribution in [-0.4, -0.2) is 25.2 Å². The SMILES string of the molecule is CN(C)B(Cl)c1ccccc1. The van der Waals surface area contributed by atoms with Crippen LogP contribution < -0.4 is 5.46 Å². The first-order valence-electron chi connectivity index (χ1n) is 3.57. The molecule has 0 N–H and O–H groups in total. The molecule has 0 atom stereocenters. The fraction of sp³-hybridized carbons (Fsp3) is 0.250. The molecule has 58 valence electrons. The molecule has 0 spiro atoms. The molecule has 0 aliphatic heterocycles. The topological polar surface area (TPSA) is 3.24 Å². The first kappa shape index (κ1) is 8.63. The molecule has 0 aliphatic carbocycles. The van der Waals surface area contributed by atoms with E-state index in [2.05, 4.69) is 0 Å². The summed E-state index contributed by atoms with van der Waals surface area (Å²) in [5, 5.41) is 0. The fourth-order valence-corrected chi connectivity index (χ4v) is 1.06. The van der Waals surface area contributed by atoms with Crippen LogP contribution in [0.1, 0.15) is 0 Å². The number of halogens is 1. The average molecular weight is 167 g/mol. The summed E-state index contributed by atoms with van der Waals surface area (Å²) >= 11 is 6.07. The minimum atomic E-state index is -0.0174. The van der Waals surface area contributed by atoms with Crippen LogP contribution in [0.5, 0.6) is 0 Å². The van der Waals surface area contributed by atoms with Crippen molar-refractivity contribution in [2.24, 2.45) is 0 Å². The molecule has 1 aromatic carbocycles. The van der Waals surface area contributed by atoms with Crippen molar-refractivity contribution < 1.29 is 0 Å². The Balaban J connectivity index is 2.77. The molecular weight excluding hydrogens is 156 g/mol. The zero-order valence-electron chi connectivity index (χ0n) is 6.79. The van der Waals surface area contributed by atoms with E-state index in [0.717, 1.165) is 5.46 Å². The van der Waals surface area contributed by atoms with Crippen molar-refractivity contribution in [2.45, 2.75) is 0 Å². The molecule has 0 aromatic heterocycles. The number of benzene rings is 1. The van der Waals surface area contributed by atoms with Gasteiger partial charge in [0.25, 0.3) is 0 Å². The summed E-state index contributed by atoms with van der Waals surface area (Å²) in [6, 6.07) is 10.0. The van der Waals surface area contributed by atoms with Gasteiger partial charge < -0.3 is 4.81 Å². The van der Waals surface area contributed by atoms with Gasteiger partial charge in [-0.25, -0.2) is 0 Å². The Morgan fingerprint density at radius 2 is 1.73 bits per heavy atom. The highest BCUT2D eigenvalue weighted by molar-refractivity contribution is 7.12. The normalized spacial score (nSPS) is 10.2. The lowest BCUT2D eigenvalue weighted by Crippen LogP contribution is -2.38. The number of rotatable bonds is 2. The van der Waals surface area contributed by atoms with E-state index in [1.807, 2.05) is 49.2 Å². The number of hydrogen-bond donors (Lipinski definition) is 0. The van der Waals surface area contributed by atoms with Crippen LogP contribution in [0.25, 0.3) is 0 Å². The fourth-order valence-electron chi connectivity index (χ4n) is 0.910. The van der Waals surface area contributed by atoms with Crippen molar-refractivity contribution in [3.63, 3.8) is 0 Å². The Morgan fingerprint density at radius 1 is 1.18 bits per heavy atom. The van der Waals surface area contributed by atoms with E-state index in [9.17, 15) is 0 Å². The zero-order valence-corrected chi connectivity index (χ0v) is 7.55. The molecule has 0 saturated carbocycles. The van der Waals surface area contributed by atoms with Crippen LogP contribution in [-0.2, 0) is 0 Å². The Bertz CT molecular complexity index is 213. The molecule has 0 aliphatic rings. The highest BCUT2D eigenvalue weighted by atomic mass is 35.5. The van der Waals surface area contributed by atoms with Gasteiger partial charge >= 0.3 is 6.26 Å². The summed E-state index contributed by atoms with van der Waals surface area (Å²) in [6.07, 6.45) is -0.0174. The largest absolute Gasteiger partial charge is 0.364 e. The van der Waals surface area contributed by atoms with Gasteiger partial charge in [-0.1, -0.05) is 30.3 Å². The minimum Gasteiger partial charge on any atom is -0.330 e. The Morgan fingerprint density at radius 3 is 2.18 bits per heavy atom. The molecule has 0 amide bonds. The Hall–Kier alpha value is -0.465. The predicted octanol–water partition coefficient (Wildman–Crippen LogP) is 1.18. The molecule has 0 radical (unpaired) electrons. The molecule has 0 saturated heterocycles. The molecule has 0 fully saturated rings. The predicted molar refractivity (Wildman–Crippen MR) is 51.4 cm³/mol. The maximum absolute atomic E-state index is 6.07. The number of nitrogens with zero attached hydrogens (tertiary/aromatic N) is 1. The quantitative estimate of drug-likeness (QED) is 0.598. The van der Waals surface area contributed by atoms with Crippen molar-refractivity contribution >= 4 is 23.2 Å². The molecule has 1 aromatic rings. The molecule has 3 heteroatoms. The summed E-state index contributed by atoms with van der Waals surface area (Å²) in [5.41, 5.74) is 1.14. The highest BCUT2D eigenvalue weighted by Gasteiger charge is 2.14. The second kappa shape index (κ2) is 3.79. The van der Waals surface area contributed by atoms with Crippen LogP contribution >= 0.6 is 11.5 Å². The van der Waals surface area contributed by atoms with Crippen LogP contribution in [0, 0.1) is 0 Å². The first-order chi connectivity index (χ1) is 5.22. The van der Waals surface area contributed by atoms with Crippen LogP contribution in [0.4, 0.5) is 0 Å². The molecule has 1 nitrogen and oxygen atoms in total. The van der Waals surface area contributed by atoms with Gasteiger partial charge in [0.05, 0.1) is 0 Å². The molecule has 0 heterocycles. The van der Waals surface area contributed by atoms with Gasteiger partial charge in [0, 0.05) is 0 Å². The smallest absolute Gasteiger partial charge is 0.330 e. The van der Waals surface area contributed by atoms with Crippen molar-refractivity contribution in [1.82, 2.24) is 4.81 Å². The van der Waals surface area contributed by atoms with Gasteiger partial charge in [-0.2, -0.15) is 11.5 Å². The van der Waals surface area contributed by atoms with Gasteiger partial charge in [0.2, 0.25) is 0 Å². The third kappa shape index (κ3) is 2.24. The van der Waals surface area contributed by atoms with E-state index < -0.39 is 0 Å². The molecular formula is C8H11BClN. The molecule has 11 heavy (non-hydrogen) atoms. The third-order valence-electron chi connectivity index (χ3n) is 1.53. The van der Waals surface area contributed by atoms with Gasteiger partial charge in [0.15, 0.2) is 0 Å². The summed E-state index contributed by atoms with van der Waals surface area (Å²) in [7, 11) is 3.93. The van der Waals surface area contributed by atoms with Gasteiger partial charge in [-0.3, -0.25) is 0 Å². The van der Waals surface area contributed by atoms with E-state index in [0.29, 0.717) is 0 Å². The second-order valence-electron chi connectivity index (χ2n) is 2.71. The van der Waals surface area contributed by atoms with E-state index in [-0.39, 0.29) is 6.26 Å². The number of hydrogen-bond acceptors (Lipinski definition) is 1. The molecule has 1 rings (SSSR count). The highest BCUT2D eigenvalue weighted by Crippen LogP contribution is 1.95. The van der Waals surface area contributed by atoms with Crippen molar-refractivity contribution in [3.05, 3.63) is 30.3 Å². The zero-order chi connectivity index (χ0) is 8.27. The maximum atomic E-state index is 6.07. The lowest BCUT2D eigenvalue weighted by Gasteiger charge is -2.13. The Kier molecular flexibility index (Phi) is 2.97. The van der Waals surface area contributed by atoms with E-state index in [4.69, 9.17) is 11.5 Å². The summed E-state index contributed by atoms with van der Waals surface area (Å²) in [5.74, 6) is 0. The van der Waals surface area contributed by atoms with E-state index in [1.54, 1.807) is 0 Å². The van der Waals surface area contributed by atoms with Crippen molar-refractivity contribution in [2.75, 3.05) is 14.1 Å². The van der Waals surface area contributed by atoms with Crippen LogP contribution in [0.2, 0.25) is 0 Å².